The SMILES string of the molecule is CC1(C)CNCC(C)(C)N(Cc2ccncc2)C1. The molecule has 1 fully saturated rings. The van der Waals surface area contributed by atoms with Crippen LogP contribution in [0.5, 0.6) is 0 Å². The average molecular weight is 247 g/mol. The molecule has 1 aromatic heterocycles. The second-order valence-electron chi connectivity index (χ2n) is 6.79. The molecule has 1 aromatic rings. The Morgan fingerprint density at radius 2 is 1.83 bits per heavy atom. The van der Waals surface area contributed by atoms with Gasteiger partial charge in [0.2, 0.25) is 0 Å². The molecule has 3 heteroatoms. The molecule has 1 aliphatic heterocycles. The summed E-state index contributed by atoms with van der Waals surface area (Å²) in [6.45, 7) is 13.6. The predicted molar refractivity (Wildman–Crippen MR) is 75.4 cm³/mol. The summed E-state index contributed by atoms with van der Waals surface area (Å²) < 4.78 is 0. The van der Waals surface area contributed by atoms with E-state index in [1.807, 2.05) is 12.4 Å². The zero-order valence-electron chi connectivity index (χ0n) is 12.0. The zero-order valence-corrected chi connectivity index (χ0v) is 12.0. The second kappa shape index (κ2) is 4.98. The van der Waals surface area contributed by atoms with E-state index in [1.165, 1.54) is 5.56 Å². The quantitative estimate of drug-likeness (QED) is 0.869. The molecule has 0 bridgehead atoms. The smallest absolute Gasteiger partial charge is 0.0281 e. The minimum absolute atomic E-state index is 0.192. The maximum absolute atomic E-state index is 4.09. The lowest BCUT2D eigenvalue weighted by Gasteiger charge is -2.39. The number of nitrogens with zero attached hydrogens (tertiary/aromatic N) is 2. The molecular weight excluding hydrogens is 222 g/mol. The first kappa shape index (κ1) is 13.5. The van der Waals surface area contributed by atoms with Crippen molar-refractivity contribution in [1.82, 2.24) is 15.2 Å². The number of aromatic nitrogens is 1. The number of hydrogen-bond donors (Lipinski definition) is 1. The summed E-state index contributed by atoms with van der Waals surface area (Å²) in [6.07, 6.45) is 3.76. The molecule has 0 atom stereocenters. The summed E-state index contributed by atoms with van der Waals surface area (Å²) in [5, 5.41) is 3.59. The van der Waals surface area contributed by atoms with Crippen LogP contribution in [0, 0.1) is 5.41 Å². The minimum atomic E-state index is 0.192. The third kappa shape index (κ3) is 3.30. The fraction of sp³-hybridized carbons (Fsp3) is 0.667. The van der Waals surface area contributed by atoms with Gasteiger partial charge in [0.15, 0.2) is 0 Å². The van der Waals surface area contributed by atoms with Crippen molar-refractivity contribution in [3.05, 3.63) is 30.1 Å². The van der Waals surface area contributed by atoms with Crippen LogP contribution in [0.25, 0.3) is 0 Å². The molecule has 1 N–H and O–H groups in total. The van der Waals surface area contributed by atoms with Gasteiger partial charge in [0, 0.05) is 44.1 Å². The van der Waals surface area contributed by atoms with Crippen LogP contribution < -0.4 is 5.32 Å². The highest BCUT2D eigenvalue weighted by Crippen LogP contribution is 2.27. The molecule has 18 heavy (non-hydrogen) atoms. The van der Waals surface area contributed by atoms with Gasteiger partial charge in [-0.25, -0.2) is 0 Å². The summed E-state index contributed by atoms with van der Waals surface area (Å²) in [5.74, 6) is 0. The molecular formula is C15H25N3. The van der Waals surface area contributed by atoms with Crippen LogP contribution in [0.2, 0.25) is 0 Å². The van der Waals surface area contributed by atoms with Crippen LogP contribution in [0.1, 0.15) is 33.3 Å². The van der Waals surface area contributed by atoms with Crippen molar-refractivity contribution in [2.75, 3.05) is 19.6 Å². The second-order valence-corrected chi connectivity index (χ2v) is 6.79. The first-order valence-electron chi connectivity index (χ1n) is 6.74. The molecule has 0 unspecified atom stereocenters. The van der Waals surface area contributed by atoms with Crippen LogP contribution in [0.4, 0.5) is 0 Å². The highest BCUT2D eigenvalue weighted by molar-refractivity contribution is 5.10. The predicted octanol–water partition coefficient (Wildman–Crippen LogP) is 2.29. The van der Waals surface area contributed by atoms with Gasteiger partial charge in [0.1, 0.15) is 0 Å². The van der Waals surface area contributed by atoms with Crippen LogP contribution in [-0.2, 0) is 6.54 Å². The van der Waals surface area contributed by atoms with Crippen molar-refractivity contribution in [1.29, 1.82) is 0 Å². The zero-order chi connectivity index (χ0) is 13.2. The Kier molecular flexibility index (Phi) is 3.74. The number of nitrogens with one attached hydrogen (secondary N) is 1. The van der Waals surface area contributed by atoms with E-state index in [4.69, 9.17) is 0 Å². The fourth-order valence-corrected chi connectivity index (χ4v) is 2.58. The molecule has 3 nitrogen and oxygen atoms in total. The summed E-state index contributed by atoms with van der Waals surface area (Å²) >= 11 is 0. The monoisotopic (exact) mass is 247 g/mol. The van der Waals surface area contributed by atoms with E-state index in [9.17, 15) is 0 Å². The van der Waals surface area contributed by atoms with Crippen molar-refractivity contribution in [2.45, 2.75) is 39.8 Å². The Morgan fingerprint density at radius 3 is 2.50 bits per heavy atom. The summed E-state index contributed by atoms with van der Waals surface area (Å²) in [7, 11) is 0. The Labute approximate surface area is 111 Å². The third-order valence-electron chi connectivity index (χ3n) is 3.76. The summed E-state index contributed by atoms with van der Waals surface area (Å²) in [5.41, 5.74) is 1.86. The van der Waals surface area contributed by atoms with E-state index in [2.05, 4.69) is 55.0 Å². The Morgan fingerprint density at radius 1 is 1.17 bits per heavy atom. The lowest BCUT2D eigenvalue weighted by Crippen LogP contribution is -2.48. The highest BCUT2D eigenvalue weighted by atomic mass is 15.2. The van der Waals surface area contributed by atoms with Crippen LogP contribution in [0.15, 0.2) is 24.5 Å². The van der Waals surface area contributed by atoms with Gasteiger partial charge < -0.3 is 5.32 Å². The van der Waals surface area contributed by atoms with Crippen molar-refractivity contribution in [3.63, 3.8) is 0 Å². The Hall–Kier alpha value is -0.930. The number of hydrogen-bond acceptors (Lipinski definition) is 3. The van der Waals surface area contributed by atoms with E-state index < -0.39 is 0 Å². The van der Waals surface area contributed by atoms with Crippen molar-refractivity contribution in [3.8, 4) is 0 Å². The molecule has 0 spiro atoms. The normalized spacial score (nSPS) is 23.6. The molecule has 0 aliphatic carbocycles. The van der Waals surface area contributed by atoms with E-state index in [0.717, 1.165) is 26.2 Å². The average Bonchev–Trinajstić information content (AvgIpc) is 2.37. The van der Waals surface area contributed by atoms with Gasteiger partial charge in [-0.15, -0.1) is 0 Å². The van der Waals surface area contributed by atoms with E-state index in [-0.39, 0.29) is 5.54 Å². The van der Waals surface area contributed by atoms with Gasteiger partial charge in [-0.3, -0.25) is 9.88 Å². The molecule has 2 rings (SSSR count). The van der Waals surface area contributed by atoms with Gasteiger partial charge >= 0.3 is 0 Å². The van der Waals surface area contributed by atoms with E-state index in [1.54, 1.807) is 0 Å². The first-order chi connectivity index (χ1) is 8.39. The van der Waals surface area contributed by atoms with Crippen LogP contribution in [-0.4, -0.2) is 35.1 Å². The van der Waals surface area contributed by atoms with Crippen molar-refractivity contribution in [2.24, 2.45) is 5.41 Å². The molecule has 0 radical (unpaired) electrons. The maximum Gasteiger partial charge on any atom is 0.0281 e. The van der Waals surface area contributed by atoms with E-state index >= 15 is 0 Å². The Bertz CT molecular complexity index is 384. The van der Waals surface area contributed by atoms with Gasteiger partial charge in [-0.2, -0.15) is 0 Å². The molecule has 0 saturated carbocycles. The molecule has 100 valence electrons. The topological polar surface area (TPSA) is 28.2 Å². The minimum Gasteiger partial charge on any atom is -0.314 e. The van der Waals surface area contributed by atoms with Crippen LogP contribution in [0.3, 0.4) is 0 Å². The van der Waals surface area contributed by atoms with Gasteiger partial charge in [0.05, 0.1) is 0 Å². The largest absolute Gasteiger partial charge is 0.314 e. The lowest BCUT2D eigenvalue weighted by atomic mass is 9.92. The van der Waals surface area contributed by atoms with Gasteiger partial charge in [0.25, 0.3) is 0 Å². The number of pyridine rings is 1. The number of rotatable bonds is 2. The van der Waals surface area contributed by atoms with Crippen molar-refractivity contribution < 1.29 is 0 Å². The summed E-state index contributed by atoms with van der Waals surface area (Å²) in [4.78, 5) is 6.68. The fourth-order valence-electron chi connectivity index (χ4n) is 2.58. The molecule has 1 aliphatic rings. The van der Waals surface area contributed by atoms with E-state index in [0.29, 0.717) is 5.41 Å². The van der Waals surface area contributed by atoms with Gasteiger partial charge in [-0.05, 0) is 37.0 Å². The first-order valence-corrected chi connectivity index (χ1v) is 6.74. The standard InChI is InChI=1S/C15H25N3/c1-14(2)10-17-11-15(3,4)18(12-14)9-13-5-7-16-8-6-13/h5-8,17H,9-12H2,1-4H3. The molecule has 2 heterocycles. The highest BCUT2D eigenvalue weighted by Gasteiger charge is 2.34. The molecule has 0 aromatic carbocycles. The van der Waals surface area contributed by atoms with Crippen LogP contribution >= 0.6 is 0 Å². The Balaban J connectivity index is 2.16. The molecule has 1 saturated heterocycles. The molecule has 0 amide bonds. The lowest BCUT2D eigenvalue weighted by molar-refractivity contribution is 0.0920. The van der Waals surface area contributed by atoms with Crippen molar-refractivity contribution >= 4 is 0 Å². The third-order valence-corrected chi connectivity index (χ3v) is 3.76. The summed E-state index contributed by atoms with van der Waals surface area (Å²) in [6, 6.07) is 4.22. The van der Waals surface area contributed by atoms with Gasteiger partial charge in [-0.1, -0.05) is 13.8 Å². The maximum atomic E-state index is 4.09.